The Kier molecular flexibility index (Phi) is 8.00. The van der Waals surface area contributed by atoms with Gasteiger partial charge in [-0.3, -0.25) is 14.5 Å². The van der Waals surface area contributed by atoms with E-state index in [0.29, 0.717) is 13.0 Å². The second kappa shape index (κ2) is 10.6. The van der Waals surface area contributed by atoms with Gasteiger partial charge in [-0.2, -0.15) is 0 Å². The van der Waals surface area contributed by atoms with Crippen LogP contribution in [0.2, 0.25) is 0 Å². The third kappa shape index (κ3) is 6.58. The van der Waals surface area contributed by atoms with Gasteiger partial charge in [-0.1, -0.05) is 38.1 Å². The van der Waals surface area contributed by atoms with E-state index in [1.54, 1.807) is 31.7 Å². The molecule has 2 aliphatic rings. The van der Waals surface area contributed by atoms with Crippen LogP contribution in [0.15, 0.2) is 36.4 Å². The highest BCUT2D eigenvalue weighted by Gasteiger charge is 2.42. The monoisotopic (exact) mass is 473 g/mol. The maximum absolute atomic E-state index is 14.2. The van der Waals surface area contributed by atoms with Gasteiger partial charge >= 0.3 is 6.09 Å². The van der Waals surface area contributed by atoms with Crippen molar-refractivity contribution in [2.75, 3.05) is 18.0 Å². The van der Waals surface area contributed by atoms with Gasteiger partial charge in [0, 0.05) is 30.8 Å². The highest BCUT2D eigenvalue weighted by Crippen LogP contribution is 2.28. The van der Waals surface area contributed by atoms with Crippen LogP contribution in [-0.2, 0) is 20.7 Å². The number of likely N-dealkylation sites (tertiary alicyclic amines) is 1. The molecule has 0 radical (unpaired) electrons. The number of alkyl halides is 1. The second-order valence-corrected chi connectivity index (χ2v) is 10.5. The number of halogens is 1. The van der Waals surface area contributed by atoms with E-state index in [-0.39, 0.29) is 24.8 Å². The highest BCUT2D eigenvalue weighted by molar-refractivity contribution is 6.03. The zero-order valence-corrected chi connectivity index (χ0v) is 20.7. The Bertz CT molecular complexity index is 940. The number of anilines is 1. The Morgan fingerprint density at radius 3 is 2.62 bits per heavy atom. The fourth-order valence-electron chi connectivity index (χ4n) is 4.38. The molecular weight excluding hydrogens is 437 g/mol. The number of fused-ring (bicyclic) bond motifs is 1. The zero-order chi connectivity index (χ0) is 25.0. The van der Waals surface area contributed by atoms with Crippen molar-refractivity contribution in [1.29, 1.82) is 0 Å². The number of ether oxygens (including phenoxy) is 1. The van der Waals surface area contributed by atoms with Crippen LogP contribution in [0.3, 0.4) is 0 Å². The first-order chi connectivity index (χ1) is 15.9. The van der Waals surface area contributed by atoms with Gasteiger partial charge in [-0.25, -0.2) is 9.18 Å². The van der Waals surface area contributed by atoms with E-state index in [2.05, 4.69) is 5.32 Å². The molecule has 2 aliphatic heterocycles. The van der Waals surface area contributed by atoms with Crippen molar-refractivity contribution in [2.45, 2.75) is 77.7 Å². The molecule has 3 unspecified atom stereocenters. The van der Waals surface area contributed by atoms with Crippen molar-refractivity contribution in [2.24, 2.45) is 5.92 Å². The molecule has 3 amide bonds. The Morgan fingerprint density at radius 1 is 1.24 bits per heavy atom. The molecule has 1 aromatic rings. The lowest BCUT2D eigenvalue weighted by molar-refractivity contribution is -0.126. The SMILES string of the molecule is CC(C)CC(C=CC(=O)N1CCc2ccccc21)NC(=O)C1CC(F)CN1C(=O)OC(C)(C)C. The molecule has 1 saturated heterocycles. The third-order valence-corrected chi connectivity index (χ3v) is 5.86. The molecule has 7 nitrogen and oxygen atoms in total. The van der Waals surface area contributed by atoms with Crippen molar-refractivity contribution < 1.29 is 23.5 Å². The highest BCUT2D eigenvalue weighted by atomic mass is 19.1. The predicted octanol–water partition coefficient (Wildman–Crippen LogP) is 4.01. The fourth-order valence-corrected chi connectivity index (χ4v) is 4.38. The molecule has 34 heavy (non-hydrogen) atoms. The predicted molar refractivity (Wildman–Crippen MR) is 129 cm³/mol. The lowest BCUT2D eigenvalue weighted by Gasteiger charge is -2.28. The van der Waals surface area contributed by atoms with Gasteiger partial charge < -0.3 is 15.0 Å². The number of amides is 3. The molecule has 2 heterocycles. The number of nitrogens with zero attached hydrogens (tertiary/aromatic N) is 2. The van der Waals surface area contributed by atoms with Crippen LogP contribution >= 0.6 is 0 Å². The number of rotatable bonds is 6. The van der Waals surface area contributed by atoms with E-state index in [4.69, 9.17) is 4.74 Å². The van der Waals surface area contributed by atoms with E-state index in [0.717, 1.165) is 22.6 Å². The number of carbonyl (C=O) groups is 3. The first-order valence-electron chi connectivity index (χ1n) is 12.0. The third-order valence-electron chi connectivity index (χ3n) is 5.86. The normalized spacial score (nSPS) is 21.1. The van der Waals surface area contributed by atoms with Crippen molar-refractivity contribution >= 4 is 23.6 Å². The molecule has 3 atom stereocenters. The van der Waals surface area contributed by atoms with Gasteiger partial charge in [0.2, 0.25) is 5.91 Å². The summed E-state index contributed by atoms with van der Waals surface area (Å²) in [5, 5.41) is 2.91. The summed E-state index contributed by atoms with van der Waals surface area (Å²) in [7, 11) is 0. The van der Waals surface area contributed by atoms with E-state index in [9.17, 15) is 18.8 Å². The summed E-state index contributed by atoms with van der Waals surface area (Å²) in [6.45, 7) is 9.66. The first-order valence-corrected chi connectivity index (χ1v) is 12.0. The van der Waals surface area contributed by atoms with Crippen molar-refractivity contribution in [1.82, 2.24) is 10.2 Å². The van der Waals surface area contributed by atoms with Gasteiger partial charge in [0.25, 0.3) is 5.91 Å². The van der Waals surface area contributed by atoms with Gasteiger partial charge in [-0.15, -0.1) is 0 Å². The molecule has 0 saturated carbocycles. The summed E-state index contributed by atoms with van der Waals surface area (Å²) in [5.41, 5.74) is 1.30. The number of hydrogen-bond donors (Lipinski definition) is 1. The van der Waals surface area contributed by atoms with Crippen molar-refractivity contribution in [3.05, 3.63) is 42.0 Å². The van der Waals surface area contributed by atoms with Crippen LogP contribution in [0.25, 0.3) is 0 Å². The van der Waals surface area contributed by atoms with Gasteiger partial charge in [0.15, 0.2) is 0 Å². The average molecular weight is 474 g/mol. The number of nitrogens with one attached hydrogen (secondary N) is 1. The summed E-state index contributed by atoms with van der Waals surface area (Å²) in [4.78, 5) is 41.4. The lowest BCUT2D eigenvalue weighted by atomic mass is 10.0. The molecule has 0 aliphatic carbocycles. The summed E-state index contributed by atoms with van der Waals surface area (Å²) in [5.74, 6) is -0.342. The Labute approximate surface area is 201 Å². The summed E-state index contributed by atoms with van der Waals surface area (Å²) >= 11 is 0. The van der Waals surface area contributed by atoms with E-state index >= 15 is 0 Å². The largest absolute Gasteiger partial charge is 0.444 e. The summed E-state index contributed by atoms with van der Waals surface area (Å²) < 4.78 is 19.5. The molecule has 0 spiro atoms. The van der Waals surface area contributed by atoms with Crippen LogP contribution in [0.1, 0.15) is 53.0 Å². The molecule has 0 aromatic heterocycles. The van der Waals surface area contributed by atoms with Gasteiger partial charge in [0.1, 0.15) is 17.8 Å². The smallest absolute Gasteiger partial charge is 0.411 e. The van der Waals surface area contributed by atoms with Gasteiger partial charge in [-0.05, 0) is 51.2 Å². The topological polar surface area (TPSA) is 79.0 Å². The molecule has 186 valence electrons. The molecule has 8 heteroatoms. The minimum atomic E-state index is -1.29. The van der Waals surface area contributed by atoms with E-state index in [1.807, 2.05) is 38.1 Å². The van der Waals surface area contributed by atoms with Crippen molar-refractivity contribution in [3.8, 4) is 0 Å². The Morgan fingerprint density at radius 2 is 1.94 bits per heavy atom. The van der Waals surface area contributed by atoms with Gasteiger partial charge in [0.05, 0.1) is 6.54 Å². The molecule has 0 bridgehead atoms. The van der Waals surface area contributed by atoms with Crippen molar-refractivity contribution in [3.63, 3.8) is 0 Å². The minimum Gasteiger partial charge on any atom is -0.444 e. The fraction of sp³-hybridized carbons (Fsp3) is 0.577. The van der Waals surface area contributed by atoms with Crippen LogP contribution in [0, 0.1) is 5.92 Å². The maximum atomic E-state index is 14.2. The summed E-state index contributed by atoms with van der Waals surface area (Å²) in [6, 6.07) is 6.45. The molecule has 1 fully saturated rings. The Hall–Kier alpha value is -2.90. The molecule has 1 aromatic carbocycles. The Balaban J connectivity index is 1.68. The average Bonchev–Trinajstić information content (AvgIpc) is 3.34. The summed E-state index contributed by atoms with van der Waals surface area (Å²) in [6.07, 6.45) is 2.53. The number of para-hydroxylation sites is 1. The number of hydrogen-bond acceptors (Lipinski definition) is 4. The lowest BCUT2D eigenvalue weighted by Crippen LogP contribution is -2.49. The minimum absolute atomic E-state index is 0.0767. The van der Waals surface area contributed by atoms with Crippen LogP contribution in [-0.4, -0.2) is 59.8 Å². The van der Waals surface area contributed by atoms with Crippen LogP contribution < -0.4 is 10.2 Å². The standard InChI is InChI=1S/C26H36FN3O4/c1-17(2)14-20(10-11-23(31)29-13-12-18-8-6-7-9-21(18)29)28-24(32)22-15-19(27)16-30(22)25(33)34-26(3,4)5/h6-11,17,19-20,22H,12-16H2,1-5H3,(H,28,32). The first kappa shape index (κ1) is 25.7. The number of carbonyl (C=O) groups excluding carboxylic acids is 3. The zero-order valence-electron chi connectivity index (χ0n) is 20.7. The van der Waals surface area contributed by atoms with E-state index < -0.39 is 35.9 Å². The quantitative estimate of drug-likeness (QED) is 0.633. The van der Waals surface area contributed by atoms with Crippen LogP contribution in [0.5, 0.6) is 0 Å². The maximum Gasteiger partial charge on any atom is 0.411 e. The molecular formula is C26H36FN3O4. The number of benzene rings is 1. The van der Waals surface area contributed by atoms with Crippen LogP contribution in [0.4, 0.5) is 14.9 Å². The second-order valence-electron chi connectivity index (χ2n) is 10.5. The molecule has 3 rings (SSSR count). The molecule has 1 N–H and O–H groups in total. The van der Waals surface area contributed by atoms with E-state index in [1.165, 1.54) is 6.08 Å².